The fraction of sp³-hybridized carbons (Fsp3) is 0.462. The summed E-state index contributed by atoms with van der Waals surface area (Å²) in [6.45, 7) is 4.16. The van der Waals surface area contributed by atoms with E-state index in [1.807, 2.05) is 25.3 Å². The number of hydrogen-bond donors (Lipinski definition) is 2. The number of aromatic amines is 1. The second kappa shape index (κ2) is 8.71. The molecule has 8 nitrogen and oxygen atoms in total. The van der Waals surface area contributed by atoms with Gasteiger partial charge in [-0.3, -0.25) is 19.5 Å². The summed E-state index contributed by atoms with van der Waals surface area (Å²) in [6, 6.07) is 7.94. The molecule has 0 aromatic carbocycles. The van der Waals surface area contributed by atoms with E-state index in [1.54, 1.807) is 12.1 Å². The van der Waals surface area contributed by atoms with Gasteiger partial charge in [0.2, 0.25) is 5.95 Å². The molecule has 182 valence electrons. The van der Waals surface area contributed by atoms with Crippen LogP contribution in [0.1, 0.15) is 54.2 Å². The molecule has 3 aromatic heterocycles. The zero-order valence-corrected chi connectivity index (χ0v) is 19.8. The Morgan fingerprint density at radius 3 is 2.71 bits per heavy atom. The van der Waals surface area contributed by atoms with E-state index in [9.17, 15) is 14.0 Å². The minimum atomic E-state index is -0.582. The first-order valence-corrected chi connectivity index (χ1v) is 12.5. The van der Waals surface area contributed by atoms with E-state index in [4.69, 9.17) is 0 Å². The molecular formula is C26H29FN6O2. The number of nitrogens with zero attached hydrogens (tertiary/aromatic N) is 4. The van der Waals surface area contributed by atoms with Crippen LogP contribution in [-0.4, -0.2) is 57.0 Å². The number of H-pyrrole nitrogens is 1. The molecule has 2 aliphatic carbocycles. The summed E-state index contributed by atoms with van der Waals surface area (Å²) in [7, 11) is 0. The summed E-state index contributed by atoms with van der Waals surface area (Å²) in [5, 5.41) is 2.86. The quantitative estimate of drug-likeness (QED) is 0.532. The molecule has 2 atom stereocenters. The summed E-state index contributed by atoms with van der Waals surface area (Å²) in [5.74, 6) is -0.887. The molecule has 0 spiro atoms. The number of aromatic nitrogens is 3. The molecule has 3 fully saturated rings. The number of pyridine rings is 3. The highest BCUT2D eigenvalue weighted by molar-refractivity contribution is 5.92. The Labute approximate surface area is 202 Å². The Morgan fingerprint density at radius 1 is 1.17 bits per heavy atom. The lowest BCUT2D eigenvalue weighted by molar-refractivity contribution is 0.0654. The zero-order chi connectivity index (χ0) is 24.1. The SMILES string of the molecule is CCc1cc2ncc(CN3CCN(c4ccc(C(=O)NC5CC5)nc4F)[C@H]4CC[C@H]43)cc2[nH]c1=O. The van der Waals surface area contributed by atoms with Crippen molar-refractivity contribution in [1.29, 1.82) is 0 Å². The van der Waals surface area contributed by atoms with Gasteiger partial charge in [0.05, 0.1) is 16.7 Å². The maximum absolute atomic E-state index is 15.0. The molecule has 9 heteroatoms. The molecule has 1 amide bonds. The minimum Gasteiger partial charge on any atom is -0.362 e. The number of piperazine rings is 1. The summed E-state index contributed by atoms with van der Waals surface area (Å²) >= 11 is 0. The number of carbonyl (C=O) groups excluding carboxylic acids is 1. The third-order valence-corrected chi connectivity index (χ3v) is 7.58. The maximum Gasteiger partial charge on any atom is 0.270 e. The lowest BCUT2D eigenvalue weighted by Gasteiger charge is -2.54. The number of amides is 1. The third kappa shape index (κ3) is 4.18. The molecular weight excluding hydrogens is 447 g/mol. The van der Waals surface area contributed by atoms with Gasteiger partial charge in [-0.2, -0.15) is 4.39 Å². The van der Waals surface area contributed by atoms with E-state index in [1.165, 1.54) is 0 Å². The second-order valence-corrected chi connectivity index (χ2v) is 9.88. The second-order valence-electron chi connectivity index (χ2n) is 9.88. The molecule has 6 rings (SSSR count). The van der Waals surface area contributed by atoms with Crippen LogP contribution in [0, 0.1) is 5.95 Å². The summed E-state index contributed by atoms with van der Waals surface area (Å²) < 4.78 is 15.0. The van der Waals surface area contributed by atoms with Gasteiger partial charge in [-0.1, -0.05) is 6.92 Å². The Morgan fingerprint density at radius 2 is 2.00 bits per heavy atom. The van der Waals surface area contributed by atoms with Gasteiger partial charge in [-0.15, -0.1) is 0 Å². The van der Waals surface area contributed by atoms with Crippen molar-refractivity contribution in [2.45, 2.75) is 63.7 Å². The zero-order valence-electron chi connectivity index (χ0n) is 19.8. The van der Waals surface area contributed by atoms with Crippen LogP contribution >= 0.6 is 0 Å². The van der Waals surface area contributed by atoms with Crippen LogP contribution in [0.15, 0.2) is 35.3 Å². The first-order valence-electron chi connectivity index (χ1n) is 12.5. The number of fused-ring (bicyclic) bond motifs is 2. The monoisotopic (exact) mass is 476 g/mol. The predicted octanol–water partition coefficient (Wildman–Crippen LogP) is 2.77. The Balaban J connectivity index is 1.16. The number of nitrogens with one attached hydrogen (secondary N) is 2. The van der Waals surface area contributed by atoms with Gasteiger partial charge in [0, 0.05) is 49.5 Å². The van der Waals surface area contributed by atoms with E-state index in [-0.39, 0.29) is 29.2 Å². The molecule has 0 unspecified atom stereocenters. The van der Waals surface area contributed by atoms with Gasteiger partial charge in [0.25, 0.3) is 11.5 Å². The number of carbonyl (C=O) groups is 1. The smallest absolute Gasteiger partial charge is 0.270 e. The normalized spacial score (nSPS) is 22.1. The minimum absolute atomic E-state index is 0.0571. The molecule has 1 aliphatic heterocycles. The van der Waals surface area contributed by atoms with Gasteiger partial charge in [-0.25, -0.2) is 4.98 Å². The fourth-order valence-electron chi connectivity index (χ4n) is 5.32. The largest absolute Gasteiger partial charge is 0.362 e. The molecule has 0 bridgehead atoms. The number of anilines is 1. The van der Waals surface area contributed by atoms with Crippen molar-refractivity contribution in [2.24, 2.45) is 0 Å². The predicted molar refractivity (Wildman–Crippen MR) is 131 cm³/mol. The Bertz CT molecular complexity index is 1350. The Kier molecular flexibility index (Phi) is 5.51. The summed E-state index contributed by atoms with van der Waals surface area (Å²) in [4.78, 5) is 40.5. The van der Waals surface area contributed by atoms with E-state index in [2.05, 4.69) is 30.1 Å². The molecule has 0 radical (unpaired) electrons. The van der Waals surface area contributed by atoms with Crippen molar-refractivity contribution in [1.82, 2.24) is 25.2 Å². The molecule has 3 aliphatic rings. The van der Waals surface area contributed by atoms with Gasteiger partial charge in [-0.05, 0) is 61.9 Å². The first-order chi connectivity index (χ1) is 17.0. The average Bonchev–Trinajstić information content (AvgIpc) is 3.63. The van der Waals surface area contributed by atoms with Crippen molar-refractivity contribution in [3.8, 4) is 0 Å². The highest BCUT2D eigenvalue weighted by Gasteiger charge is 2.43. The average molecular weight is 477 g/mol. The molecule has 35 heavy (non-hydrogen) atoms. The number of rotatable bonds is 6. The Hall–Kier alpha value is -3.33. The van der Waals surface area contributed by atoms with Crippen molar-refractivity contribution >= 4 is 22.6 Å². The van der Waals surface area contributed by atoms with Crippen LogP contribution in [0.5, 0.6) is 0 Å². The van der Waals surface area contributed by atoms with Crippen LogP contribution in [0.4, 0.5) is 10.1 Å². The van der Waals surface area contributed by atoms with Crippen LogP contribution in [0.3, 0.4) is 0 Å². The van der Waals surface area contributed by atoms with E-state index in [0.717, 1.165) is 60.9 Å². The lowest BCUT2D eigenvalue weighted by Crippen LogP contribution is -2.64. The van der Waals surface area contributed by atoms with Crippen LogP contribution in [0.25, 0.3) is 11.0 Å². The van der Waals surface area contributed by atoms with E-state index >= 15 is 0 Å². The van der Waals surface area contributed by atoms with Crippen molar-refractivity contribution in [2.75, 3.05) is 18.0 Å². The number of halogens is 1. The van der Waals surface area contributed by atoms with Crippen molar-refractivity contribution < 1.29 is 9.18 Å². The summed E-state index contributed by atoms with van der Waals surface area (Å²) in [5.41, 5.74) is 3.90. The summed E-state index contributed by atoms with van der Waals surface area (Å²) in [6.07, 6.45) is 6.56. The lowest BCUT2D eigenvalue weighted by atomic mass is 9.81. The first kappa shape index (κ1) is 22.2. The van der Waals surface area contributed by atoms with Crippen LogP contribution < -0.4 is 15.8 Å². The van der Waals surface area contributed by atoms with Gasteiger partial charge in [0.15, 0.2) is 0 Å². The van der Waals surface area contributed by atoms with Crippen molar-refractivity contribution in [3.05, 3.63) is 63.6 Å². The van der Waals surface area contributed by atoms with Gasteiger partial charge in [0.1, 0.15) is 5.69 Å². The van der Waals surface area contributed by atoms with Crippen molar-refractivity contribution in [3.63, 3.8) is 0 Å². The molecule has 1 saturated heterocycles. The number of hydrogen-bond acceptors (Lipinski definition) is 6. The highest BCUT2D eigenvalue weighted by atomic mass is 19.1. The number of aryl methyl sites for hydroxylation is 1. The standard InChI is InChI=1S/C26H29FN6O2/c1-2-16-12-19-20(31-25(16)34)11-15(13-28-19)14-32-9-10-33(22-8-7-21(22)32)23-6-5-18(30-24(23)27)26(35)29-17-3-4-17/h5-6,11-13,17,21-22H,2-4,7-10,14H2,1H3,(H,29,35)(H,31,34)/t21-,22+/m1/s1. The molecule has 3 aromatic rings. The van der Waals surface area contributed by atoms with E-state index in [0.29, 0.717) is 24.7 Å². The van der Waals surface area contributed by atoms with Gasteiger partial charge < -0.3 is 15.2 Å². The van der Waals surface area contributed by atoms with Crippen LogP contribution in [-0.2, 0) is 13.0 Å². The van der Waals surface area contributed by atoms with E-state index < -0.39 is 5.95 Å². The maximum atomic E-state index is 15.0. The van der Waals surface area contributed by atoms with Gasteiger partial charge >= 0.3 is 0 Å². The molecule has 2 saturated carbocycles. The highest BCUT2D eigenvalue weighted by Crippen LogP contribution is 2.38. The molecule has 2 N–H and O–H groups in total. The molecule has 4 heterocycles. The van der Waals surface area contributed by atoms with Crippen LogP contribution in [0.2, 0.25) is 0 Å². The fourth-order valence-corrected chi connectivity index (χ4v) is 5.32. The third-order valence-electron chi connectivity index (χ3n) is 7.58. The topological polar surface area (TPSA) is 94.2 Å².